The van der Waals surface area contributed by atoms with E-state index in [9.17, 15) is 4.79 Å². The molecule has 5 heteroatoms. The van der Waals surface area contributed by atoms with E-state index >= 15 is 0 Å². The number of hydrogen-bond acceptors (Lipinski definition) is 5. The smallest absolute Gasteiger partial charge is 0.210 e. The third-order valence-electron chi connectivity index (χ3n) is 3.00. The number of rotatable bonds is 3. The molecule has 106 valence electrons. The Bertz CT molecular complexity index is 642. The maximum atomic E-state index is 12.8. The second-order valence-electron chi connectivity index (χ2n) is 5.73. The number of nitrogens with zero attached hydrogens (tertiary/aromatic N) is 2. The molecule has 1 aromatic heterocycles. The van der Waals surface area contributed by atoms with Gasteiger partial charge < -0.3 is 4.74 Å². The van der Waals surface area contributed by atoms with Gasteiger partial charge in [0.15, 0.2) is 0 Å². The van der Waals surface area contributed by atoms with Gasteiger partial charge in [0, 0.05) is 5.41 Å². The summed E-state index contributed by atoms with van der Waals surface area (Å²) in [5, 5.41) is 4.12. The molecule has 0 atom stereocenters. The number of methoxy groups -OCH3 is 1. The highest BCUT2D eigenvalue weighted by Gasteiger charge is 2.28. The minimum Gasteiger partial charge on any atom is -0.496 e. The first-order chi connectivity index (χ1) is 9.34. The van der Waals surface area contributed by atoms with Crippen molar-refractivity contribution in [2.45, 2.75) is 33.1 Å². The van der Waals surface area contributed by atoms with Gasteiger partial charge >= 0.3 is 0 Å². The Morgan fingerprint density at radius 2 is 2.00 bits per heavy atom. The molecule has 4 nitrogen and oxygen atoms in total. The van der Waals surface area contributed by atoms with Crippen molar-refractivity contribution in [3.05, 3.63) is 39.9 Å². The predicted molar refractivity (Wildman–Crippen MR) is 79.8 cm³/mol. The number of ether oxygens (including phenoxy) is 1. The van der Waals surface area contributed by atoms with Crippen LogP contribution in [-0.2, 0) is 5.41 Å². The number of aryl methyl sites for hydroxylation is 1. The van der Waals surface area contributed by atoms with Crippen molar-refractivity contribution in [2.24, 2.45) is 0 Å². The first kappa shape index (κ1) is 14.7. The standard InChI is InChI=1S/C15H18N2O2S/c1-9-6-7-11(19-5)10(8-9)12(18)13-14(15(2,3)4)16-17-20-13/h6-8H,1-5H3. The predicted octanol–water partition coefficient (Wildman–Crippen LogP) is 3.38. The highest BCUT2D eigenvalue weighted by atomic mass is 32.1. The zero-order chi connectivity index (χ0) is 14.9. The lowest BCUT2D eigenvalue weighted by atomic mass is 9.89. The maximum Gasteiger partial charge on any atom is 0.210 e. The summed E-state index contributed by atoms with van der Waals surface area (Å²) in [6.07, 6.45) is 0. The topological polar surface area (TPSA) is 52.1 Å². The highest BCUT2D eigenvalue weighted by Crippen LogP contribution is 2.30. The third kappa shape index (κ3) is 2.72. The van der Waals surface area contributed by atoms with Crippen LogP contribution in [0.2, 0.25) is 0 Å². The minimum absolute atomic E-state index is 0.0783. The minimum atomic E-state index is -0.213. The van der Waals surface area contributed by atoms with Gasteiger partial charge in [-0.1, -0.05) is 36.9 Å². The molecule has 0 bridgehead atoms. The van der Waals surface area contributed by atoms with Gasteiger partial charge in [0.05, 0.1) is 18.4 Å². The van der Waals surface area contributed by atoms with Gasteiger partial charge in [-0.25, -0.2) is 0 Å². The first-order valence-corrected chi connectivity index (χ1v) is 7.14. The first-order valence-electron chi connectivity index (χ1n) is 6.36. The molecular formula is C15H18N2O2S. The average Bonchev–Trinajstić information content (AvgIpc) is 2.87. The van der Waals surface area contributed by atoms with Gasteiger partial charge in [0.1, 0.15) is 10.6 Å². The second kappa shape index (κ2) is 5.32. The van der Waals surface area contributed by atoms with Crippen molar-refractivity contribution in [3.63, 3.8) is 0 Å². The van der Waals surface area contributed by atoms with E-state index in [-0.39, 0.29) is 11.2 Å². The van der Waals surface area contributed by atoms with Crippen LogP contribution >= 0.6 is 11.5 Å². The Labute approximate surface area is 123 Å². The monoisotopic (exact) mass is 290 g/mol. The van der Waals surface area contributed by atoms with Crippen molar-refractivity contribution in [1.29, 1.82) is 0 Å². The van der Waals surface area contributed by atoms with Crippen molar-refractivity contribution in [2.75, 3.05) is 7.11 Å². The highest BCUT2D eigenvalue weighted by molar-refractivity contribution is 7.08. The van der Waals surface area contributed by atoms with Crippen LogP contribution in [0, 0.1) is 6.92 Å². The van der Waals surface area contributed by atoms with Gasteiger partial charge in [-0.3, -0.25) is 4.79 Å². The van der Waals surface area contributed by atoms with Crippen molar-refractivity contribution < 1.29 is 9.53 Å². The molecule has 1 aromatic carbocycles. The zero-order valence-corrected chi connectivity index (χ0v) is 13.2. The molecule has 0 fully saturated rings. The van der Waals surface area contributed by atoms with Crippen LogP contribution in [0.4, 0.5) is 0 Å². The van der Waals surface area contributed by atoms with Crippen molar-refractivity contribution in [1.82, 2.24) is 9.59 Å². The summed E-state index contributed by atoms with van der Waals surface area (Å²) in [7, 11) is 1.57. The summed E-state index contributed by atoms with van der Waals surface area (Å²) in [6.45, 7) is 8.02. The number of aromatic nitrogens is 2. The van der Waals surface area contributed by atoms with Crippen LogP contribution in [-0.4, -0.2) is 22.5 Å². The Morgan fingerprint density at radius 3 is 2.60 bits per heavy atom. The molecule has 0 N–H and O–H groups in total. The molecule has 0 unspecified atom stereocenters. The van der Waals surface area contributed by atoms with Crippen LogP contribution in [0.1, 0.15) is 47.3 Å². The van der Waals surface area contributed by atoms with E-state index in [4.69, 9.17) is 4.74 Å². The summed E-state index contributed by atoms with van der Waals surface area (Å²) in [6, 6.07) is 5.58. The van der Waals surface area contributed by atoms with E-state index in [1.165, 1.54) is 0 Å². The fraction of sp³-hybridized carbons (Fsp3) is 0.400. The summed E-state index contributed by atoms with van der Waals surface area (Å²) in [5.74, 6) is 0.499. The molecule has 0 saturated carbocycles. The van der Waals surface area contributed by atoms with E-state index in [1.54, 1.807) is 7.11 Å². The van der Waals surface area contributed by atoms with Gasteiger partial charge in [-0.2, -0.15) is 0 Å². The number of carbonyl (C=O) groups is 1. The quantitative estimate of drug-likeness (QED) is 0.813. The SMILES string of the molecule is COc1ccc(C)cc1C(=O)c1snnc1C(C)(C)C. The van der Waals surface area contributed by atoms with E-state index < -0.39 is 0 Å². The van der Waals surface area contributed by atoms with E-state index in [0.29, 0.717) is 16.2 Å². The molecule has 20 heavy (non-hydrogen) atoms. The molecule has 0 radical (unpaired) electrons. The third-order valence-corrected chi connectivity index (χ3v) is 3.73. The lowest BCUT2D eigenvalue weighted by Gasteiger charge is -2.16. The van der Waals surface area contributed by atoms with Gasteiger partial charge in [0.2, 0.25) is 5.78 Å². The second-order valence-corrected chi connectivity index (χ2v) is 6.49. The van der Waals surface area contributed by atoms with Crippen LogP contribution in [0.15, 0.2) is 18.2 Å². The van der Waals surface area contributed by atoms with Crippen molar-refractivity contribution in [3.8, 4) is 5.75 Å². The van der Waals surface area contributed by atoms with E-state index in [2.05, 4.69) is 9.59 Å². The number of ketones is 1. The van der Waals surface area contributed by atoms with Crippen molar-refractivity contribution >= 4 is 17.3 Å². The van der Waals surface area contributed by atoms with E-state index in [0.717, 1.165) is 22.8 Å². The van der Waals surface area contributed by atoms with E-state index in [1.807, 2.05) is 45.9 Å². The molecule has 0 amide bonds. The Morgan fingerprint density at radius 1 is 1.30 bits per heavy atom. The fourth-order valence-corrected chi connectivity index (χ4v) is 2.78. The maximum absolute atomic E-state index is 12.8. The molecule has 2 rings (SSSR count). The molecule has 0 aliphatic heterocycles. The summed E-state index contributed by atoms with van der Waals surface area (Å²) in [5.41, 5.74) is 2.10. The lowest BCUT2D eigenvalue weighted by molar-refractivity contribution is 0.103. The van der Waals surface area contributed by atoms with Gasteiger partial charge in [-0.15, -0.1) is 5.10 Å². The van der Waals surface area contributed by atoms with Gasteiger partial charge in [0.25, 0.3) is 0 Å². The van der Waals surface area contributed by atoms with Crippen LogP contribution in [0.25, 0.3) is 0 Å². The summed E-state index contributed by atoms with van der Waals surface area (Å²) >= 11 is 1.14. The largest absolute Gasteiger partial charge is 0.496 e. The summed E-state index contributed by atoms with van der Waals surface area (Å²) < 4.78 is 9.23. The normalized spacial score (nSPS) is 11.4. The average molecular weight is 290 g/mol. The molecule has 0 saturated heterocycles. The lowest BCUT2D eigenvalue weighted by Crippen LogP contribution is -2.17. The molecule has 0 aliphatic rings. The van der Waals surface area contributed by atoms with Crippen LogP contribution < -0.4 is 4.74 Å². The molecular weight excluding hydrogens is 272 g/mol. The Hall–Kier alpha value is -1.75. The van der Waals surface area contributed by atoms with Crippen LogP contribution in [0.5, 0.6) is 5.75 Å². The Kier molecular flexibility index (Phi) is 3.90. The number of hydrogen-bond donors (Lipinski definition) is 0. The molecule has 2 aromatic rings. The van der Waals surface area contributed by atoms with Crippen LogP contribution in [0.3, 0.4) is 0 Å². The molecule has 0 aliphatic carbocycles. The molecule has 0 spiro atoms. The number of benzene rings is 1. The Balaban J connectivity index is 2.53. The molecule has 1 heterocycles. The fourth-order valence-electron chi connectivity index (χ4n) is 1.95. The van der Waals surface area contributed by atoms with Gasteiger partial charge in [-0.05, 0) is 30.6 Å². The summed E-state index contributed by atoms with van der Waals surface area (Å²) in [4.78, 5) is 13.3. The zero-order valence-electron chi connectivity index (χ0n) is 12.4. The number of carbonyl (C=O) groups excluding carboxylic acids is 1.